The summed E-state index contributed by atoms with van der Waals surface area (Å²) in [5.74, 6) is 0.340. The number of carbonyl (C=O) groups excluding carboxylic acids is 2. The fraction of sp³-hybridized carbons (Fsp3) is 0.941. The molecule has 0 aliphatic carbocycles. The highest BCUT2D eigenvalue weighted by atomic mass is 16.6. The fourth-order valence-corrected chi connectivity index (χ4v) is 5.07. The van der Waals surface area contributed by atoms with Crippen molar-refractivity contribution in [1.29, 1.82) is 0 Å². The van der Waals surface area contributed by atoms with Crippen LogP contribution in [-0.2, 0) is 19.1 Å². The van der Waals surface area contributed by atoms with E-state index in [0.29, 0.717) is 6.42 Å². The molecule has 0 aromatic carbocycles. The van der Waals surface area contributed by atoms with Crippen LogP contribution in [0.1, 0.15) is 163 Å². The first-order valence-electron chi connectivity index (χ1n) is 16.8. The van der Waals surface area contributed by atoms with E-state index in [9.17, 15) is 9.59 Å². The van der Waals surface area contributed by atoms with Crippen molar-refractivity contribution in [3.8, 4) is 0 Å². The topological polar surface area (TPSA) is 55.8 Å². The Bertz CT molecular complexity index is 561. The minimum atomic E-state index is -0.335. The number of rotatable bonds is 28. The molecule has 0 aliphatic rings. The van der Waals surface area contributed by atoms with Gasteiger partial charge in [-0.15, -0.1) is 0 Å². The van der Waals surface area contributed by atoms with Gasteiger partial charge in [-0.05, 0) is 52.2 Å². The van der Waals surface area contributed by atoms with Crippen LogP contribution in [0.25, 0.3) is 0 Å². The second kappa shape index (κ2) is 27.1. The first kappa shape index (κ1) is 37.9. The molecule has 0 heterocycles. The predicted molar refractivity (Wildman–Crippen MR) is 166 cm³/mol. The third-order valence-electron chi connectivity index (χ3n) is 8.15. The Kier molecular flexibility index (Phi) is 26.3. The third kappa shape index (κ3) is 24.4. The molecule has 0 saturated carbocycles. The van der Waals surface area contributed by atoms with Gasteiger partial charge in [0.15, 0.2) is 0 Å². The van der Waals surface area contributed by atoms with Crippen molar-refractivity contribution in [3.05, 3.63) is 0 Å². The summed E-state index contributed by atoms with van der Waals surface area (Å²) in [4.78, 5) is 27.1. The Morgan fingerprint density at radius 1 is 0.667 bits per heavy atom. The van der Waals surface area contributed by atoms with Gasteiger partial charge in [-0.2, -0.15) is 0 Å². The van der Waals surface area contributed by atoms with E-state index in [1.54, 1.807) is 0 Å². The van der Waals surface area contributed by atoms with E-state index >= 15 is 0 Å². The number of hydrogen-bond donors (Lipinski definition) is 0. The van der Waals surface area contributed by atoms with E-state index < -0.39 is 0 Å². The molecule has 0 amide bonds. The van der Waals surface area contributed by atoms with E-state index in [4.69, 9.17) is 9.47 Å². The monoisotopic (exact) mass is 554 g/mol. The van der Waals surface area contributed by atoms with E-state index in [0.717, 1.165) is 51.0 Å². The second-order valence-corrected chi connectivity index (χ2v) is 12.2. The maximum Gasteiger partial charge on any atom is 0.309 e. The Hall–Kier alpha value is -1.10. The van der Waals surface area contributed by atoms with Crippen LogP contribution < -0.4 is 0 Å². The molecule has 0 saturated heterocycles. The number of unbranched alkanes of at least 4 members (excludes halogenated alkanes) is 13. The summed E-state index contributed by atoms with van der Waals surface area (Å²) in [6.07, 6.45) is 24.1. The number of ether oxygens (including phenoxy) is 2. The number of hydrogen-bond acceptors (Lipinski definition) is 5. The maximum atomic E-state index is 12.7. The number of nitrogens with zero attached hydrogens (tertiary/aromatic N) is 1. The van der Waals surface area contributed by atoms with Gasteiger partial charge in [0.25, 0.3) is 0 Å². The molecule has 0 spiro atoms. The van der Waals surface area contributed by atoms with Crippen LogP contribution in [-0.4, -0.2) is 50.2 Å². The molecule has 2 unspecified atom stereocenters. The molecular formula is C34H67NO4. The zero-order valence-corrected chi connectivity index (χ0v) is 27.1. The van der Waals surface area contributed by atoms with Crippen LogP contribution >= 0.6 is 0 Å². The zero-order chi connectivity index (χ0) is 29.1. The smallest absolute Gasteiger partial charge is 0.309 e. The number of carbonyl (C=O) groups is 2. The quantitative estimate of drug-likeness (QED) is 0.0713. The van der Waals surface area contributed by atoms with Crippen molar-refractivity contribution in [1.82, 2.24) is 4.90 Å². The minimum Gasteiger partial charge on any atom is -0.462 e. The Morgan fingerprint density at radius 3 is 1.72 bits per heavy atom. The first-order valence-corrected chi connectivity index (χ1v) is 16.8. The largest absolute Gasteiger partial charge is 0.462 e. The predicted octanol–water partition coefficient (Wildman–Crippen LogP) is 9.51. The van der Waals surface area contributed by atoms with Gasteiger partial charge in [-0.25, -0.2) is 0 Å². The molecule has 0 bridgehead atoms. The fourth-order valence-electron chi connectivity index (χ4n) is 5.07. The lowest BCUT2D eigenvalue weighted by Gasteiger charge is -2.21. The zero-order valence-electron chi connectivity index (χ0n) is 27.1. The highest BCUT2D eigenvalue weighted by Gasteiger charge is 2.21. The van der Waals surface area contributed by atoms with E-state index in [1.165, 1.54) is 89.9 Å². The molecule has 2 atom stereocenters. The highest BCUT2D eigenvalue weighted by Crippen LogP contribution is 2.19. The molecule has 0 rings (SSSR count). The van der Waals surface area contributed by atoms with E-state index in [1.807, 2.05) is 21.0 Å². The van der Waals surface area contributed by atoms with Gasteiger partial charge in [0.2, 0.25) is 0 Å². The summed E-state index contributed by atoms with van der Waals surface area (Å²) >= 11 is 0. The molecule has 5 heteroatoms. The molecule has 0 N–H and O–H groups in total. The molecule has 0 aliphatic heterocycles. The van der Waals surface area contributed by atoms with Gasteiger partial charge in [0, 0.05) is 6.42 Å². The molecule has 232 valence electrons. The SMILES string of the molecule is CCCCCCCCCCCCCCC(=O)OCC(CCCCCC(CC)CC)OC(=O)C(C)CCN(C)C. The molecule has 39 heavy (non-hydrogen) atoms. The van der Waals surface area contributed by atoms with Crippen LogP contribution in [0.4, 0.5) is 0 Å². The van der Waals surface area contributed by atoms with Gasteiger partial charge in [-0.3, -0.25) is 9.59 Å². The maximum absolute atomic E-state index is 12.7. The average Bonchev–Trinajstić information content (AvgIpc) is 2.92. The molecule has 0 aromatic rings. The van der Waals surface area contributed by atoms with Gasteiger partial charge in [0.05, 0.1) is 5.92 Å². The van der Waals surface area contributed by atoms with Crippen LogP contribution in [0.2, 0.25) is 0 Å². The van der Waals surface area contributed by atoms with Crippen molar-refractivity contribution in [2.45, 2.75) is 169 Å². The summed E-state index contributed by atoms with van der Waals surface area (Å²) < 4.78 is 11.4. The van der Waals surface area contributed by atoms with E-state index in [-0.39, 0.29) is 30.6 Å². The molecule has 0 aromatic heterocycles. The summed E-state index contributed by atoms with van der Waals surface area (Å²) in [5.41, 5.74) is 0. The van der Waals surface area contributed by atoms with Gasteiger partial charge >= 0.3 is 11.9 Å². The summed E-state index contributed by atoms with van der Waals surface area (Å²) in [6, 6.07) is 0. The van der Waals surface area contributed by atoms with Crippen LogP contribution in [0.5, 0.6) is 0 Å². The number of esters is 2. The Balaban J connectivity index is 4.24. The molecule has 0 radical (unpaired) electrons. The molecule has 5 nitrogen and oxygen atoms in total. The third-order valence-corrected chi connectivity index (χ3v) is 8.15. The van der Waals surface area contributed by atoms with Crippen LogP contribution in [0.15, 0.2) is 0 Å². The van der Waals surface area contributed by atoms with Gasteiger partial charge < -0.3 is 14.4 Å². The van der Waals surface area contributed by atoms with Crippen molar-refractivity contribution in [2.75, 3.05) is 27.2 Å². The standard InChI is InChI=1S/C34H67NO4/c1-7-10-11-12-13-14-15-16-17-18-19-23-26-33(36)38-29-32(25-22-20-21-24-31(8-2)9-3)39-34(37)30(4)27-28-35(5)6/h30-32H,7-29H2,1-6H3. The lowest BCUT2D eigenvalue weighted by atomic mass is 9.95. The van der Waals surface area contributed by atoms with Crippen molar-refractivity contribution in [3.63, 3.8) is 0 Å². The summed E-state index contributed by atoms with van der Waals surface area (Å²) in [5, 5.41) is 0. The normalized spacial score (nSPS) is 13.1. The van der Waals surface area contributed by atoms with Crippen molar-refractivity contribution in [2.24, 2.45) is 11.8 Å². The van der Waals surface area contributed by atoms with Crippen LogP contribution in [0.3, 0.4) is 0 Å². The first-order chi connectivity index (χ1) is 18.8. The van der Waals surface area contributed by atoms with Crippen molar-refractivity contribution >= 4 is 11.9 Å². The Labute approximate surface area is 243 Å². The van der Waals surface area contributed by atoms with E-state index in [2.05, 4.69) is 25.7 Å². The summed E-state index contributed by atoms with van der Waals surface area (Å²) in [7, 11) is 4.02. The second-order valence-electron chi connectivity index (χ2n) is 12.2. The van der Waals surface area contributed by atoms with Gasteiger partial charge in [-0.1, -0.05) is 130 Å². The minimum absolute atomic E-state index is 0.151. The molecule has 0 fully saturated rings. The molecular weight excluding hydrogens is 486 g/mol. The highest BCUT2D eigenvalue weighted by molar-refractivity contribution is 5.72. The average molecular weight is 554 g/mol. The lowest BCUT2D eigenvalue weighted by molar-refractivity contribution is -0.162. The lowest BCUT2D eigenvalue weighted by Crippen LogP contribution is -2.29. The van der Waals surface area contributed by atoms with Crippen LogP contribution in [0, 0.1) is 11.8 Å². The van der Waals surface area contributed by atoms with Crippen molar-refractivity contribution < 1.29 is 19.1 Å². The van der Waals surface area contributed by atoms with Gasteiger partial charge in [0.1, 0.15) is 12.7 Å². The summed E-state index contributed by atoms with van der Waals surface area (Å²) in [6.45, 7) is 9.78. The Morgan fingerprint density at radius 2 is 1.18 bits per heavy atom.